The molecule has 88 valence electrons. The molecule has 0 saturated heterocycles. The van der Waals surface area contributed by atoms with Gasteiger partial charge in [0.25, 0.3) is 0 Å². The summed E-state index contributed by atoms with van der Waals surface area (Å²) in [4.78, 5) is 12.7. The van der Waals surface area contributed by atoms with Crippen molar-refractivity contribution in [3.8, 4) is 0 Å². The fourth-order valence-corrected chi connectivity index (χ4v) is 1.29. The number of carbonyl (C=O) groups excluding carboxylic acids is 1. The molecule has 1 aromatic carbocycles. The molecule has 1 aromatic rings. The lowest BCUT2D eigenvalue weighted by molar-refractivity contribution is -0.127. The van der Waals surface area contributed by atoms with E-state index >= 15 is 0 Å². The third-order valence-corrected chi connectivity index (χ3v) is 2.34. The number of hydrogen-bond acceptors (Lipinski definition) is 2. The molecule has 0 spiro atoms. The Morgan fingerprint density at radius 1 is 1.50 bits per heavy atom. The van der Waals surface area contributed by atoms with Gasteiger partial charge in [-0.25, -0.2) is 4.39 Å². The molecule has 16 heavy (non-hydrogen) atoms. The number of nitrogens with zero attached hydrogens (tertiary/aromatic N) is 1. The average molecular weight is 245 g/mol. The van der Waals surface area contributed by atoms with E-state index in [1.54, 1.807) is 26.2 Å². The average Bonchev–Trinajstić information content (AvgIpc) is 2.20. The van der Waals surface area contributed by atoms with Gasteiger partial charge < -0.3 is 10.2 Å². The molecule has 0 heterocycles. The van der Waals surface area contributed by atoms with Crippen molar-refractivity contribution in [3.05, 3.63) is 34.6 Å². The lowest BCUT2D eigenvalue weighted by atomic mass is 10.2. The second-order valence-corrected chi connectivity index (χ2v) is 4.06. The molecule has 0 unspecified atom stereocenters. The van der Waals surface area contributed by atoms with Crippen LogP contribution in [0.4, 0.5) is 4.39 Å². The van der Waals surface area contributed by atoms with E-state index in [2.05, 4.69) is 5.32 Å². The summed E-state index contributed by atoms with van der Waals surface area (Å²) in [5.41, 5.74) is 0.496. The Hall–Kier alpha value is -1.13. The summed E-state index contributed by atoms with van der Waals surface area (Å²) >= 11 is 5.62. The van der Waals surface area contributed by atoms with E-state index < -0.39 is 0 Å². The number of nitrogens with one attached hydrogen (secondary N) is 1. The number of benzene rings is 1. The lowest BCUT2D eigenvalue weighted by Gasteiger charge is -2.11. The summed E-state index contributed by atoms with van der Waals surface area (Å²) in [6.45, 7) is 0.498. The van der Waals surface area contributed by atoms with Gasteiger partial charge in [-0.15, -0.1) is 0 Å². The first-order valence-electron chi connectivity index (χ1n) is 4.85. The molecule has 3 nitrogen and oxygen atoms in total. The van der Waals surface area contributed by atoms with Gasteiger partial charge in [-0.3, -0.25) is 4.79 Å². The molecular weight excluding hydrogens is 231 g/mol. The van der Waals surface area contributed by atoms with Gasteiger partial charge in [-0.05, 0) is 12.1 Å². The van der Waals surface area contributed by atoms with Crippen LogP contribution >= 0.6 is 11.6 Å². The number of likely N-dealkylation sites (N-methyl/N-ethyl adjacent to an activating group) is 1. The first-order valence-corrected chi connectivity index (χ1v) is 5.23. The van der Waals surface area contributed by atoms with E-state index in [0.29, 0.717) is 17.1 Å². The van der Waals surface area contributed by atoms with E-state index in [1.807, 2.05) is 0 Å². The number of halogens is 2. The minimum atomic E-state index is -0.364. The van der Waals surface area contributed by atoms with E-state index in [4.69, 9.17) is 11.6 Å². The van der Waals surface area contributed by atoms with Crippen LogP contribution in [-0.4, -0.2) is 31.4 Å². The summed E-state index contributed by atoms with van der Waals surface area (Å²) in [5.74, 6) is -0.410. The first kappa shape index (κ1) is 12.9. The molecule has 0 aromatic heterocycles. The standard InChI is InChI=1S/C11H14ClFN2O/c1-15(2)11(16)7-14-6-8-3-4-9(12)5-10(8)13/h3-5,14H,6-7H2,1-2H3. The normalized spacial score (nSPS) is 10.2. The van der Waals surface area contributed by atoms with E-state index in [-0.39, 0.29) is 18.3 Å². The van der Waals surface area contributed by atoms with Crippen molar-refractivity contribution < 1.29 is 9.18 Å². The maximum atomic E-state index is 13.3. The van der Waals surface area contributed by atoms with Gasteiger partial charge in [0.05, 0.1) is 6.54 Å². The molecule has 0 bridgehead atoms. The Kier molecular flexibility index (Phi) is 4.71. The summed E-state index contributed by atoms with van der Waals surface area (Å²) in [7, 11) is 3.35. The van der Waals surface area contributed by atoms with Gasteiger partial charge in [0.1, 0.15) is 5.82 Å². The zero-order chi connectivity index (χ0) is 12.1. The molecule has 0 saturated carbocycles. The van der Waals surface area contributed by atoms with Crippen molar-refractivity contribution in [2.45, 2.75) is 6.54 Å². The smallest absolute Gasteiger partial charge is 0.236 e. The van der Waals surface area contributed by atoms with E-state index in [1.165, 1.54) is 11.0 Å². The van der Waals surface area contributed by atoms with Crippen molar-refractivity contribution in [1.29, 1.82) is 0 Å². The van der Waals surface area contributed by atoms with Crippen LogP contribution < -0.4 is 5.32 Å². The molecule has 0 atom stereocenters. The van der Waals surface area contributed by atoms with Crippen LogP contribution in [0, 0.1) is 5.82 Å². The number of rotatable bonds is 4. The quantitative estimate of drug-likeness (QED) is 0.874. The molecule has 0 aliphatic carbocycles. The van der Waals surface area contributed by atoms with Crippen molar-refractivity contribution in [2.75, 3.05) is 20.6 Å². The van der Waals surface area contributed by atoms with Gasteiger partial charge in [0.2, 0.25) is 5.91 Å². The molecule has 1 amide bonds. The molecule has 0 radical (unpaired) electrons. The number of hydrogen-bond donors (Lipinski definition) is 1. The van der Waals surface area contributed by atoms with Crippen molar-refractivity contribution in [3.63, 3.8) is 0 Å². The third kappa shape index (κ3) is 3.79. The molecule has 5 heteroatoms. The zero-order valence-electron chi connectivity index (χ0n) is 9.26. The summed E-state index contributed by atoms with van der Waals surface area (Å²) in [5, 5.41) is 3.24. The topological polar surface area (TPSA) is 32.3 Å². The maximum Gasteiger partial charge on any atom is 0.236 e. The maximum absolute atomic E-state index is 13.3. The zero-order valence-corrected chi connectivity index (χ0v) is 10.0. The first-order chi connectivity index (χ1) is 7.50. The highest BCUT2D eigenvalue weighted by Gasteiger charge is 2.05. The molecule has 0 fully saturated rings. The van der Waals surface area contributed by atoms with E-state index in [0.717, 1.165) is 0 Å². The van der Waals surface area contributed by atoms with E-state index in [9.17, 15) is 9.18 Å². The Balaban J connectivity index is 2.46. The monoisotopic (exact) mass is 244 g/mol. The van der Waals surface area contributed by atoms with Crippen LogP contribution in [0.3, 0.4) is 0 Å². The molecule has 1 rings (SSSR count). The highest BCUT2D eigenvalue weighted by Crippen LogP contribution is 2.14. The molecule has 0 aliphatic rings. The van der Waals surface area contributed by atoms with Crippen molar-refractivity contribution in [2.24, 2.45) is 0 Å². The van der Waals surface area contributed by atoms with Crippen LogP contribution in [0.2, 0.25) is 5.02 Å². The van der Waals surface area contributed by atoms with Gasteiger partial charge in [0, 0.05) is 31.2 Å². The molecule has 1 N–H and O–H groups in total. The van der Waals surface area contributed by atoms with Crippen LogP contribution in [0.15, 0.2) is 18.2 Å². The second-order valence-electron chi connectivity index (χ2n) is 3.63. The van der Waals surface area contributed by atoms with Crippen LogP contribution in [0.25, 0.3) is 0 Å². The number of amides is 1. The largest absolute Gasteiger partial charge is 0.348 e. The lowest BCUT2D eigenvalue weighted by Crippen LogP contribution is -2.32. The van der Waals surface area contributed by atoms with Gasteiger partial charge in [-0.2, -0.15) is 0 Å². The Labute approximate surface area is 99.2 Å². The predicted octanol–water partition coefficient (Wildman–Crippen LogP) is 1.66. The second kappa shape index (κ2) is 5.82. The fourth-order valence-electron chi connectivity index (χ4n) is 1.13. The molecular formula is C11H14ClFN2O. The van der Waals surface area contributed by atoms with Gasteiger partial charge >= 0.3 is 0 Å². The Morgan fingerprint density at radius 2 is 2.19 bits per heavy atom. The van der Waals surface area contributed by atoms with Crippen LogP contribution in [0.5, 0.6) is 0 Å². The SMILES string of the molecule is CN(C)C(=O)CNCc1ccc(Cl)cc1F. The van der Waals surface area contributed by atoms with Gasteiger partial charge in [0.15, 0.2) is 0 Å². The van der Waals surface area contributed by atoms with Crippen molar-refractivity contribution >= 4 is 17.5 Å². The minimum Gasteiger partial charge on any atom is -0.348 e. The number of carbonyl (C=O) groups is 1. The Morgan fingerprint density at radius 3 is 2.75 bits per heavy atom. The highest BCUT2D eigenvalue weighted by molar-refractivity contribution is 6.30. The predicted molar refractivity (Wildman–Crippen MR) is 61.8 cm³/mol. The van der Waals surface area contributed by atoms with Crippen molar-refractivity contribution in [1.82, 2.24) is 10.2 Å². The summed E-state index contributed by atoms with van der Waals surface area (Å²) in [6.07, 6.45) is 0. The Bertz CT molecular complexity index is 382. The van der Waals surface area contributed by atoms with Crippen LogP contribution in [-0.2, 0) is 11.3 Å². The fraction of sp³-hybridized carbons (Fsp3) is 0.364. The highest BCUT2D eigenvalue weighted by atomic mass is 35.5. The van der Waals surface area contributed by atoms with Crippen LogP contribution in [0.1, 0.15) is 5.56 Å². The van der Waals surface area contributed by atoms with Gasteiger partial charge in [-0.1, -0.05) is 17.7 Å². The summed E-state index contributed by atoms with van der Waals surface area (Å²) < 4.78 is 13.3. The molecule has 0 aliphatic heterocycles. The third-order valence-electron chi connectivity index (χ3n) is 2.11. The summed E-state index contributed by atoms with van der Waals surface area (Å²) in [6, 6.07) is 4.48. The minimum absolute atomic E-state index is 0.0469.